The second kappa shape index (κ2) is 5.12. The van der Waals surface area contributed by atoms with Crippen molar-refractivity contribution >= 4 is 43.4 Å². The van der Waals surface area contributed by atoms with Gasteiger partial charge in [-0.2, -0.15) is 0 Å². The molecule has 2 aromatic heterocycles. The first kappa shape index (κ1) is 16.4. The Morgan fingerprint density at radius 1 is 0.871 bits per heavy atom. The van der Waals surface area contributed by atoms with Gasteiger partial charge < -0.3 is 9.47 Å². The number of hydrogen-bond donors (Lipinski definition) is 0. The summed E-state index contributed by atoms with van der Waals surface area (Å²) in [6.45, 7) is 2.47. The third-order valence-electron chi connectivity index (χ3n) is 7.84. The Hall–Kier alpha value is -3.30. The van der Waals surface area contributed by atoms with Gasteiger partial charge in [0.05, 0.1) is 27.4 Å². The van der Waals surface area contributed by atoms with E-state index in [0.29, 0.717) is 6.04 Å². The number of para-hydroxylation sites is 1. The minimum atomic E-state index is -0.0936. The minimum Gasteiger partial charge on any atom is -0.367 e. The highest BCUT2D eigenvalue weighted by Crippen LogP contribution is 2.60. The number of likely N-dealkylation sites (N-methyl/N-ethyl adjacent to an activating group) is 1. The molecule has 0 fully saturated rings. The van der Waals surface area contributed by atoms with Crippen LogP contribution in [0.15, 0.2) is 72.8 Å². The van der Waals surface area contributed by atoms with Crippen molar-refractivity contribution in [3.63, 3.8) is 0 Å². The van der Waals surface area contributed by atoms with Crippen LogP contribution in [-0.2, 0) is 5.41 Å². The Balaban J connectivity index is 1.70. The molecule has 5 aromatic rings. The van der Waals surface area contributed by atoms with Crippen LogP contribution in [-0.4, -0.2) is 17.7 Å². The Bertz CT molecular complexity index is 1630. The van der Waals surface area contributed by atoms with Crippen LogP contribution >= 0.6 is 11.3 Å². The fourth-order valence-corrected chi connectivity index (χ4v) is 7.85. The molecular weight excluding hydrogens is 396 g/mol. The zero-order valence-electron chi connectivity index (χ0n) is 17.4. The predicted octanol–water partition coefficient (Wildman–Crippen LogP) is 6.98. The van der Waals surface area contributed by atoms with E-state index >= 15 is 0 Å². The van der Waals surface area contributed by atoms with Gasteiger partial charge in [0.1, 0.15) is 0 Å². The first-order valence-electron chi connectivity index (χ1n) is 10.9. The van der Waals surface area contributed by atoms with Gasteiger partial charge in [0.15, 0.2) is 0 Å². The van der Waals surface area contributed by atoms with Crippen molar-refractivity contribution < 1.29 is 0 Å². The number of aromatic nitrogens is 1. The number of hydrogen-bond acceptors (Lipinski definition) is 2. The van der Waals surface area contributed by atoms with Gasteiger partial charge in [-0.15, -0.1) is 11.3 Å². The molecule has 2 aliphatic heterocycles. The maximum Gasteiger partial charge on any atom is 0.0725 e. The van der Waals surface area contributed by atoms with E-state index in [0.717, 1.165) is 0 Å². The lowest BCUT2D eigenvalue weighted by Crippen LogP contribution is -2.43. The summed E-state index contributed by atoms with van der Waals surface area (Å²) in [7, 11) is 2.26. The van der Waals surface area contributed by atoms with E-state index in [2.05, 4.69) is 102 Å². The fourth-order valence-electron chi connectivity index (χ4n) is 6.64. The predicted molar refractivity (Wildman–Crippen MR) is 132 cm³/mol. The number of rotatable bonds is 0. The first-order chi connectivity index (χ1) is 15.2. The molecule has 0 bridgehead atoms. The third kappa shape index (κ3) is 1.64. The average molecular weight is 417 g/mol. The van der Waals surface area contributed by atoms with Crippen LogP contribution in [0.25, 0.3) is 43.2 Å². The summed E-state index contributed by atoms with van der Waals surface area (Å²) in [5.74, 6) is 0. The maximum atomic E-state index is 2.61. The highest BCUT2D eigenvalue weighted by molar-refractivity contribution is 7.26. The molecule has 0 radical (unpaired) electrons. The van der Waals surface area contributed by atoms with Gasteiger partial charge in [-0.3, -0.25) is 0 Å². The van der Waals surface area contributed by atoms with Gasteiger partial charge in [0, 0.05) is 39.6 Å². The van der Waals surface area contributed by atoms with Crippen LogP contribution in [0.4, 0.5) is 5.69 Å². The molecule has 2 unspecified atom stereocenters. The zero-order chi connectivity index (χ0) is 20.5. The summed E-state index contributed by atoms with van der Waals surface area (Å²) in [6.07, 6.45) is 4.84. The Morgan fingerprint density at radius 2 is 1.65 bits per heavy atom. The molecule has 3 aliphatic rings. The Kier molecular flexibility index (Phi) is 2.71. The molecule has 3 heteroatoms. The topological polar surface area (TPSA) is 8.17 Å². The molecule has 2 nitrogen and oxygen atoms in total. The fraction of sp³-hybridized carbons (Fsp3) is 0.143. The largest absolute Gasteiger partial charge is 0.367 e. The molecule has 1 aliphatic carbocycles. The van der Waals surface area contributed by atoms with E-state index in [1.54, 1.807) is 0 Å². The molecule has 0 saturated carbocycles. The van der Waals surface area contributed by atoms with Crippen LogP contribution < -0.4 is 4.90 Å². The summed E-state index contributed by atoms with van der Waals surface area (Å²) < 4.78 is 5.39. The lowest BCUT2D eigenvalue weighted by Gasteiger charge is -2.37. The van der Waals surface area contributed by atoms with Crippen molar-refractivity contribution in [1.29, 1.82) is 0 Å². The third-order valence-corrected chi connectivity index (χ3v) is 9.03. The van der Waals surface area contributed by atoms with Gasteiger partial charge in [0.25, 0.3) is 0 Å². The van der Waals surface area contributed by atoms with Crippen molar-refractivity contribution in [2.75, 3.05) is 11.9 Å². The molecule has 3 aromatic carbocycles. The monoisotopic (exact) mass is 416 g/mol. The van der Waals surface area contributed by atoms with Crippen LogP contribution in [0.1, 0.15) is 23.7 Å². The summed E-state index contributed by atoms with van der Waals surface area (Å²) in [5, 5.41) is 1.36. The average Bonchev–Trinajstić information content (AvgIpc) is 3.38. The normalized spacial score (nSPS) is 22.1. The summed E-state index contributed by atoms with van der Waals surface area (Å²) in [6, 6.07) is 25.0. The van der Waals surface area contributed by atoms with Crippen LogP contribution in [0.3, 0.4) is 0 Å². The number of thiophene rings is 1. The number of benzene rings is 3. The Morgan fingerprint density at radius 3 is 2.58 bits per heavy atom. The van der Waals surface area contributed by atoms with Gasteiger partial charge in [-0.05, 0) is 36.2 Å². The minimum absolute atomic E-state index is 0.0936. The summed E-state index contributed by atoms with van der Waals surface area (Å²) in [5.41, 5.74) is 11.0. The highest BCUT2D eigenvalue weighted by atomic mass is 32.1. The quantitative estimate of drug-likeness (QED) is 0.264. The summed E-state index contributed by atoms with van der Waals surface area (Å²) in [4.78, 5) is 2.48. The molecule has 4 heterocycles. The van der Waals surface area contributed by atoms with Crippen molar-refractivity contribution in [2.45, 2.75) is 18.4 Å². The molecular formula is C28H20N2S. The smallest absolute Gasteiger partial charge is 0.0725 e. The van der Waals surface area contributed by atoms with Gasteiger partial charge >= 0.3 is 0 Å². The van der Waals surface area contributed by atoms with Crippen molar-refractivity contribution in [3.8, 4) is 16.8 Å². The van der Waals surface area contributed by atoms with Gasteiger partial charge in [-0.1, -0.05) is 60.7 Å². The van der Waals surface area contributed by atoms with Crippen molar-refractivity contribution in [3.05, 3.63) is 89.6 Å². The van der Waals surface area contributed by atoms with Gasteiger partial charge in [0.2, 0.25) is 0 Å². The molecule has 31 heavy (non-hydrogen) atoms. The number of fused-ring (bicyclic) bond motifs is 8. The van der Waals surface area contributed by atoms with E-state index in [9.17, 15) is 0 Å². The Labute approximate surface area is 184 Å². The van der Waals surface area contributed by atoms with E-state index in [-0.39, 0.29) is 5.41 Å². The van der Waals surface area contributed by atoms with Crippen LogP contribution in [0.2, 0.25) is 0 Å². The van der Waals surface area contributed by atoms with E-state index in [1.807, 2.05) is 11.3 Å². The molecule has 0 amide bonds. The van der Waals surface area contributed by atoms with Gasteiger partial charge in [-0.25, -0.2) is 0 Å². The molecule has 0 spiro atoms. The lowest BCUT2D eigenvalue weighted by molar-refractivity contribution is 0.504. The van der Waals surface area contributed by atoms with E-state index < -0.39 is 0 Å². The highest BCUT2D eigenvalue weighted by Gasteiger charge is 2.54. The summed E-state index contributed by atoms with van der Waals surface area (Å²) >= 11 is 1.94. The second-order valence-corrected chi connectivity index (χ2v) is 10.3. The maximum absolute atomic E-state index is 2.61. The number of anilines is 1. The van der Waals surface area contributed by atoms with Crippen molar-refractivity contribution in [1.82, 2.24) is 4.57 Å². The molecule has 2 atom stereocenters. The lowest BCUT2D eigenvalue weighted by atomic mass is 9.70. The molecule has 148 valence electrons. The van der Waals surface area contributed by atoms with E-state index in [4.69, 9.17) is 0 Å². The van der Waals surface area contributed by atoms with Crippen LogP contribution in [0, 0.1) is 0 Å². The zero-order valence-corrected chi connectivity index (χ0v) is 18.2. The second-order valence-electron chi connectivity index (χ2n) is 9.21. The number of nitrogens with zero attached hydrogens (tertiary/aromatic N) is 2. The SMILES string of the molecule is CN1c2cccc3c2C2(C)c4c(c5sc6ccccc6c5n4-c4ccccc4-3)C=CC12. The molecule has 0 N–H and O–H groups in total. The molecule has 8 rings (SSSR count). The van der Waals surface area contributed by atoms with Crippen molar-refractivity contribution in [2.24, 2.45) is 0 Å². The standard InChI is InChI=1S/C28H20N2S/c1-28-23-15-14-19-26-25(18-9-4-6-13-22(18)31-26)30(27(19)28)20-11-5-3-8-16(20)17-10-7-12-21(24(17)28)29(23)2/h3-15,23H,1-2H3. The first-order valence-corrected chi connectivity index (χ1v) is 11.7. The molecule has 0 saturated heterocycles. The van der Waals surface area contributed by atoms with Crippen LogP contribution in [0.5, 0.6) is 0 Å². The van der Waals surface area contributed by atoms with E-state index in [1.165, 1.54) is 59.6 Å².